The van der Waals surface area contributed by atoms with Gasteiger partial charge < -0.3 is 29.2 Å². The van der Waals surface area contributed by atoms with E-state index in [-0.39, 0.29) is 47.4 Å². The molecule has 1 amide bonds. The van der Waals surface area contributed by atoms with Gasteiger partial charge in [-0.3, -0.25) is 4.68 Å². The van der Waals surface area contributed by atoms with E-state index in [0.717, 1.165) is 38.0 Å². The van der Waals surface area contributed by atoms with Gasteiger partial charge in [-0.15, -0.1) is 0 Å². The van der Waals surface area contributed by atoms with Crippen LogP contribution in [0.2, 0.25) is 0 Å². The lowest BCUT2D eigenvalue weighted by Crippen LogP contribution is -2.56. The van der Waals surface area contributed by atoms with E-state index in [4.69, 9.17) is 18.9 Å². The normalized spacial score (nSPS) is 36.7. The number of nitrogens with one attached hydrogen (secondary N) is 1. The summed E-state index contributed by atoms with van der Waals surface area (Å²) in [4.78, 5) is 15.6. The highest BCUT2D eigenvalue weighted by molar-refractivity contribution is 5.68. The number of amides is 1. The van der Waals surface area contributed by atoms with Gasteiger partial charge >= 0.3 is 6.09 Å². The van der Waals surface area contributed by atoms with Crippen molar-refractivity contribution in [2.45, 2.75) is 102 Å². The second-order valence-corrected chi connectivity index (χ2v) is 13.1. The zero-order chi connectivity index (χ0) is 27.9. The molecular weight excluding hydrogens is 496 g/mol. The molecule has 9 nitrogen and oxygen atoms in total. The Bertz CT molecular complexity index is 1050. The van der Waals surface area contributed by atoms with Crippen molar-refractivity contribution >= 4 is 6.09 Å². The van der Waals surface area contributed by atoms with Gasteiger partial charge in [0.2, 0.25) is 0 Å². The molecule has 0 radical (unpaired) electrons. The number of hydrogen-bond acceptors (Lipinski definition) is 7. The number of allylic oxidation sites excluding steroid dienone is 1. The molecule has 0 aromatic carbocycles. The molecule has 4 aliphatic rings. The summed E-state index contributed by atoms with van der Waals surface area (Å²) in [6.45, 7) is 14.4. The fourth-order valence-electron chi connectivity index (χ4n) is 7.08. The van der Waals surface area contributed by atoms with E-state index >= 15 is 0 Å². The number of ether oxygens (including phenoxy) is 4. The first-order valence-electron chi connectivity index (χ1n) is 14.7. The number of methoxy groups -OCH3 is 1. The molecule has 9 heteroatoms. The van der Waals surface area contributed by atoms with E-state index in [2.05, 4.69) is 69.3 Å². The molecule has 1 saturated carbocycles. The standard InChI is InChI=1S/C30H48N4O5/c1-19(2)8-9-24-29(5,39-24)27-26(36-7)23(10-12-30(27)18-37-30)38-28(35)32-25(20(3)4)22-14-31-34(17-22)16-21-11-13-33(6)15-21/h8,14,17,20-21,23-27H,9-13,15-16,18H2,1-7H3,(H,32,35)/t21-,23-,24-,25+,26-,27-,29+,30+/m1/s1. The number of hydrogen-bond donors (Lipinski definition) is 1. The van der Waals surface area contributed by atoms with Gasteiger partial charge in [0.15, 0.2) is 0 Å². The largest absolute Gasteiger partial charge is 0.443 e. The van der Waals surface area contributed by atoms with E-state index in [1.54, 1.807) is 7.11 Å². The minimum atomic E-state index is -0.416. The molecule has 4 heterocycles. The highest BCUT2D eigenvalue weighted by atomic mass is 16.6. The zero-order valence-corrected chi connectivity index (χ0v) is 24.8. The first kappa shape index (κ1) is 28.6. The van der Waals surface area contributed by atoms with E-state index in [1.807, 2.05) is 10.9 Å². The molecule has 5 rings (SSSR count). The second kappa shape index (κ2) is 11.1. The van der Waals surface area contributed by atoms with Crippen LogP contribution in [-0.2, 0) is 25.5 Å². The monoisotopic (exact) mass is 544 g/mol. The van der Waals surface area contributed by atoms with Gasteiger partial charge in [-0.2, -0.15) is 5.10 Å². The summed E-state index contributed by atoms with van der Waals surface area (Å²) >= 11 is 0. The molecule has 3 saturated heterocycles. The summed E-state index contributed by atoms with van der Waals surface area (Å²) in [7, 11) is 3.87. The summed E-state index contributed by atoms with van der Waals surface area (Å²) in [6.07, 6.45) is 8.83. The van der Waals surface area contributed by atoms with Crippen LogP contribution in [0.1, 0.15) is 71.9 Å². The Labute approximate surface area is 233 Å². The van der Waals surface area contributed by atoms with Crippen LogP contribution in [0.4, 0.5) is 4.79 Å². The van der Waals surface area contributed by atoms with Crippen LogP contribution in [0.3, 0.4) is 0 Å². The number of carbonyl (C=O) groups excluding carboxylic acids is 1. The summed E-state index contributed by atoms with van der Waals surface area (Å²) in [5.74, 6) is 0.801. The van der Waals surface area contributed by atoms with Crippen LogP contribution < -0.4 is 5.32 Å². The van der Waals surface area contributed by atoms with Crippen LogP contribution in [0.15, 0.2) is 24.0 Å². The first-order valence-corrected chi connectivity index (χ1v) is 14.7. The van der Waals surface area contributed by atoms with Gasteiger partial charge in [0.1, 0.15) is 23.4 Å². The maximum absolute atomic E-state index is 13.3. The molecule has 1 aliphatic carbocycles. The highest BCUT2D eigenvalue weighted by Crippen LogP contribution is 2.59. The molecule has 0 bridgehead atoms. The highest BCUT2D eigenvalue weighted by Gasteiger charge is 2.72. The van der Waals surface area contributed by atoms with Crippen molar-refractivity contribution in [1.82, 2.24) is 20.0 Å². The number of carbonyl (C=O) groups is 1. The van der Waals surface area contributed by atoms with Gasteiger partial charge in [0, 0.05) is 32.0 Å². The second-order valence-electron chi connectivity index (χ2n) is 13.1. The van der Waals surface area contributed by atoms with Crippen molar-refractivity contribution < 1.29 is 23.7 Å². The third kappa shape index (κ3) is 6.06. The van der Waals surface area contributed by atoms with Crippen LogP contribution in [-0.4, -0.2) is 84.1 Å². The SMILES string of the molecule is CO[C@@H]1[C@H](OC(=O)N[C@H](c2cnn(C[C@@H]3CCN(C)C3)c2)C(C)C)CC[C@]2(CO2)[C@H]1[C@@]1(C)O[C@@H]1CC=C(C)C. The molecule has 0 unspecified atom stereocenters. The van der Waals surface area contributed by atoms with Gasteiger partial charge in [-0.1, -0.05) is 25.5 Å². The van der Waals surface area contributed by atoms with E-state index < -0.39 is 6.09 Å². The lowest BCUT2D eigenvalue weighted by atomic mass is 9.68. The Morgan fingerprint density at radius 1 is 1.33 bits per heavy atom. The van der Waals surface area contributed by atoms with E-state index in [9.17, 15) is 4.79 Å². The Morgan fingerprint density at radius 3 is 2.72 bits per heavy atom. The zero-order valence-electron chi connectivity index (χ0n) is 24.8. The number of epoxide rings is 2. The number of aromatic nitrogens is 2. The average molecular weight is 545 g/mol. The third-order valence-electron chi connectivity index (χ3n) is 9.38. The summed E-state index contributed by atoms with van der Waals surface area (Å²) < 4.78 is 26.5. The van der Waals surface area contributed by atoms with Crippen LogP contribution >= 0.6 is 0 Å². The van der Waals surface area contributed by atoms with E-state index in [1.165, 1.54) is 12.0 Å². The van der Waals surface area contributed by atoms with Crippen molar-refractivity contribution in [3.05, 3.63) is 29.6 Å². The van der Waals surface area contributed by atoms with Gasteiger partial charge in [0.25, 0.3) is 0 Å². The van der Waals surface area contributed by atoms with Gasteiger partial charge in [-0.05, 0) is 71.9 Å². The van der Waals surface area contributed by atoms with Crippen LogP contribution in [0.25, 0.3) is 0 Å². The maximum Gasteiger partial charge on any atom is 0.407 e. The maximum atomic E-state index is 13.3. The molecular formula is C30H48N4O5. The smallest absolute Gasteiger partial charge is 0.407 e. The molecule has 1 N–H and O–H groups in total. The predicted molar refractivity (Wildman–Crippen MR) is 148 cm³/mol. The lowest BCUT2D eigenvalue weighted by Gasteiger charge is -2.42. The van der Waals surface area contributed by atoms with Gasteiger partial charge in [-0.25, -0.2) is 4.79 Å². The number of rotatable bonds is 10. The van der Waals surface area contributed by atoms with Crippen molar-refractivity contribution in [2.75, 3.05) is 33.9 Å². The Kier molecular flexibility index (Phi) is 8.17. The molecule has 39 heavy (non-hydrogen) atoms. The van der Waals surface area contributed by atoms with Crippen molar-refractivity contribution in [1.29, 1.82) is 0 Å². The number of likely N-dealkylation sites (tertiary alicyclic amines) is 1. The quantitative estimate of drug-likeness (QED) is 0.346. The minimum absolute atomic E-state index is 0.00544. The molecule has 218 valence electrons. The molecule has 1 aromatic heterocycles. The summed E-state index contributed by atoms with van der Waals surface area (Å²) in [5, 5.41) is 7.75. The number of nitrogens with zero attached hydrogens (tertiary/aromatic N) is 3. The topological polar surface area (TPSA) is 93.7 Å². The van der Waals surface area contributed by atoms with Crippen LogP contribution in [0, 0.1) is 17.8 Å². The number of alkyl carbamates (subject to hydrolysis) is 1. The van der Waals surface area contributed by atoms with E-state index in [0.29, 0.717) is 18.9 Å². The average Bonchev–Trinajstić information content (AvgIpc) is 3.66. The summed E-state index contributed by atoms with van der Waals surface area (Å²) in [6, 6.07) is -0.186. The third-order valence-corrected chi connectivity index (χ3v) is 9.38. The molecule has 1 aromatic rings. The predicted octanol–water partition coefficient (Wildman–Crippen LogP) is 4.33. The summed E-state index contributed by atoms with van der Waals surface area (Å²) in [5.41, 5.74) is 1.69. The molecule has 1 spiro atoms. The fourth-order valence-corrected chi connectivity index (χ4v) is 7.08. The molecule has 4 fully saturated rings. The Hall–Kier alpha value is -1.94. The van der Waals surface area contributed by atoms with Crippen LogP contribution in [0.5, 0.6) is 0 Å². The van der Waals surface area contributed by atoms with Crippen molar-refractivity contribution in [3.8, 4) is 0 Å². The Morgan fingerprint density at radius 2 is 2.10 bits per heavy atom. The molecule has 3 aliphatic heterocycles. The van der Waals surface area contributed by atoms with Crippen molar-refractivity contribution in [3.63, 3.8) is 0 Å². The fraction of sp³-hybridized carbons (Fsp3) is 0.800. The van der Waals surface area contributed by atoms with Gasteiger partial charge in [0.05, 0.1) is 30.9 Å². The Balaban J connectivity index is 1.23. The minimum Gasteiger partial charge on any atom is -0.443 e. The van der Waals surface area contributed by atoms with Crippen molar-refractivity contribution in [2.24, 2.45) is 17.8 Å². The first-order chi connectivity index (χ1) is 18.5. The lowest BCUT2D eigenvalue weighted by molar-refractivity contribution is -0.118. The molecule has 8 atom stereocenters.